The molecule has 0 fully saturated rings. The highest BCUT2D eigenvalue weighted by Gasteiger charge is 2.13. The number of rotatable bonds is 4. The van der Waals surface area contributed by atoms with Crippen LogP contribution in [-0.4, -0.2) is 35.6 Å². The topological polar surface area (TPSA) is 40.5 Å². The van der Waals surface area contributed by atoms with E-state index < -0.39 is 6.10 Å². The van der Waals surface area contributed by atoms with Gasteiger partial charge >= 0.3 is 0 Å². The Bertz CT molecular complexity index is 407. The van der Waals surface area contributed by atoms with E-state index in [0.29, 0.717) is 28.6 Å². The van der Waals surface area contributed by atoms with Crippen molar-refractivity contribution >= 4 is 29.1 Å². The summed E-state index contributed by atoms with van der Waals surface area (Å²) in [6.45, 7) is 2.19. The number of nitrogens with zero attached hydrogens (tertiary/aromatic N) is 1. The number of carbonyl (C=O) groups excluding carboxylic acids is 1. The molecule has 0 saturated carbocycles. The van der Waals surface area contributed by atoms with Crippen LogP contribution in [0.5, 0.6) is 0 Å². The second kappa shape index (κ2) is 6.24. The molecule has 1 atom stereocenters. The lowest BCUT2D eigenvalue weighted by Crippen LogP contribution is -2.29. The first kappa shape index (κ1) is 14.3. The summed E-state index contributed by atoms with van der Waals surface area (Å²) < 4.78 is 0. The van der Waals surface area contributed by atoms with Crippen LogP contribution >= 0.6 is 23.2 Å². The van der Waals surface area contributed by atoms with Crippen molar-refractivity contribution < 1.29 is 9.90 Å². The fourth-order valence-corrected chi connectivity index (χ4v) is 1.63. The third kappa shape index (κ3) is 4.19. The summed E-state index contributed by atoms with van der Waals surface area (Å²) in [5.41, 5.74) is 0.493. The molecule has 0 saturated heterocycles. The van der Waals surface area contributed by atoms with Crippen LogP contribution in [0.3, 0.4) is 0 Å². The predicted octanol–water partition coefficient (Wildman–Crippen LogP) is 2.84. The minimum absolute atomic E-state index is 0.135. The molecule has 1 amide bonds. The fraction of sp³-hybridized carbons (Fsp3) is 0.417. The van der Waals surface area contributed by atoms with Gasteiger partial charge in [-0.2, -0.15) is 0 Å². The molecule has 3 nitrogen and oxygen atoms in total. The van der Waals surface area contributed by atoms with E-state index in [2.05, 4.69) is 0 Å². The van der Waals surface area contributed by atoms with E-state index in [0.717, 1.165) is 0 Å². The third-order valence-electron chi connectivity index (χ3n) is 2.40. The Hall–Kier alpha value is -0.770. The molecule has 0 aliphatic heterocycles. The van der Waals surface area contributed by atoms with Gasteiger partial charge in [0.2, 0.25) is 0 Å². The molecule has 1 N–H and O–H groups in total. The van der Waals surface area contributed by atoms with Gasteiger partial charge in [-0.15, -0.1) is 0 Å². The summed E-state index contributed by atoms with van der Waals surface area (Å²) in [6.07, 6.45) is 0.128. The van der Waals surface area contributed by atoms with Crippen LogP contribution in [-0.2, 0) is 0 Å². The van der Waals surface area contributed by atoms with Crippen LogP contribution < -0.4 is 0 Å². The van der Waals surface area contributed by atoms with Crippen molar-refractivity contribution in [3.8, 4) is 0 Å². The Labute approximate surface area is 111 Å². The minimum atomic E-state index is -0.418. The summed E-state index contributed by atoms with van der Waals surface area (Å²) in [6, 6.07) is 4.78. The lowest BCUT2D eigenvalue weighted by molar-refractivity contribution is 0.0769. The van der Waals surface area contributed by atoms with Crippen molar-refractivity contribution in [3.63, 3.8) is 0 Å². The lowest BCUT2D eigenvalue weighted by Gasteiger charge is -2.18. The van der Waals surface area contributed by atoms with E-state index in [9.17, 15) is 4.79 Å². The molecule has 0 heterocycles. The summed E-state index contributed by atoms with van der Waals surface area (Å²) in [5.74, 6) is -0.135. The van der Waals surface area contributed by atoms with Crippen molar-refractivity contribution in [2.45, 2.75) is 19.4 Å². The molecule has 1 aromatic rings. The smallest absolute Gasteiger partial charge is 0.253 e. The van der Waals surface area contributed by atoms with Crippen molar-refractivity contribution in [2.75, 3.05) is 13.6 Å². The molecular weight excluding hydrogens is 261 g/mol. The number of amides is 1. The van der Waals surface area contributed by atoms with Gasteiger partial charge in [-0.3, -0.25) is 4.79 Å². The average Bonchev–Trinajstić information content (AvgIpc) is 2.28. The van der Waals surface area contributed by atoms with E-state index in [1.807, 2.05) is 0 Å². The Kier molecular flexibility index (Phi) is 5.25. The van der Waals surface area contributed by atoms with Crippen LogP contribution in [0.1, 0.15) is 23.7 Å². The second-order valence-electron chi connectivity index (χ2n) is 3.99. The molecule has 0 aliphatic carbocycles. The normalized spacial score (nSPS) is 12.3. The van der Waals surface area contributed by atoms with Crippen molar-refractivity contribution in [3.05, 3.63) is 33.8 Å². The first-order chi connectivity index (χ1) is 7.91. The van der Waals surface area contributed by atoms with Crippen molar-refractivity contribution in [1.29, 1.82) is 0 Å². The first-order valence-electron chi connectivity index (χ1n) is 5.30. The highest BCUT2D eigenvalue weighted by Crippen LogP contribution is 2.23. The highest BCUT2D eigenvalue weighted by molar-refractivity contribution is 6.42. The van der Waals surface area contributed by atoms with Gasteiger partial charge < -0.3 is 10.0 Å². The summed E-state index contributed by atoms with van der Waals surface area (Å²) in [7, 11) is 1.69. The Morgan fingerprint density at radius 2 is 2.06 bits per heavy atom. The molecule has 0 aromatic heterocycles. The number of hydrogen-bond donors (Lipinski definition) is 1. The largest absolute Gasteiger partial charge is 0.393 e. The standard InChI is InChI=1S/C12H15Cl2NO2/c1-8(16)5-6-15(2)12(17)9-3-4-10(13)11(14)7-9/h3-4,7-8,16H,5-6H2,1-2H3. The Balaban J connectivity index is 2.71. The van der Waals surface area contributed by atoms with Gasteiger partial charge in [0.1, 0.15) is 0 Å². The molecule has 1 unspecified atom stereocenters. The Morgan fingerprint density at radius 1 is 1.41 bits per heavy atom. The van der Waals surface area contributed by atoms with Crippen LogP contribution in [0, 0.1) is 0 Å². The van der Waals surface area contributed by atoms with Crippen LogP contribution in [0.2, 0.25) is 10.0 Å². The Morgan fingerprint density at radius 3 is 2.59 bits per heavy atom. The van der Waals surface area contributed by atoms with E-state index in [4.69, 9.17) is 28.3 Å². The number of halogens is 2. The predicted molar refractivity (Wildman–Crippen MR) is 69.7 cm³/mol. The minimum Gasteiger partial charge on any atom is -0.393 e. The van der Waals surface area contributed by atoms with Crippen molar-refractivity contribution in [1.82, 2.24) is 4.90 Å². The molecule has 1 aromatic carbocycles. The molecule has 0 aliphatic rings. The highest BCUT2D eigenvalue weighted by atomic mass is 35.5. The summed E-state index contributed by atoms with van der Waals surface area (Å²) in [4.78, 5) is 13.5. The zero-order valence-corrected chi connectivity index (χ0v) is 11.3. The molecule has 0 spiro atoms. The fourth-order valence-electron chi connectivity index (χ4n) is 1.33. The van der Waals surface area contributed by atoms with Gasteiger partial charge in [0.15, 0.2) is 0 Å². The molecule has 0 radical (unpaired) electrons. The summed E-state index contributed by atoms with van der Waals surface area (Å²) >= 11 is 11.6. The molecule has 17 heavy (non-hydrogen) atoms. The molecule has 0 bridgehead atoms. The zero-order chi connectivity index (χ0) is 13.0. The number of aliphatic hydroxyl groups is 1. The van der Waals surface area contributed by atoms with Gasteiger partial charge in [0.05, 0.1) is 16.1 Å². The van der Waals surface area contributed by atoms with Gasteiger partial charge in [-0.1, -0.05) is 23.2 Å². The van der Waals surface area contributed by atoms with Crippen LogP contribution in [0.15, 0.2) is 18.2 Å². The maximum absolute atomic E-state index is 12.0. The maximum Gasteiger partial charge on any atom is 0.253 e. The summed E-state index contributed by atoms with van der Waals surface area (Å²) in [5, 5.41) is 9.95. The van der Waals surface area contributed by atoms with E-state index in [1.54, 1.807) is 37.1 Å². The quantitative estimate of drug-likeness (QED) is 0.918. The van der Waals surface area contributed by atoms with Crippen molar-refractivity contribution in [2.24, 2.45) is 0 Å². The van der Waals surface area contributed by atoms with Gasteiger partial charge in [0.25, 0.3) is 5.91 Å². The molecular formula is C12H15Cl2NO2. The van der Waals surface area contributed by atoms with Gasteiger partial charge in [-0.05, 0) is 31.5 Å². The molecule has 1 rings (SSSR count). The molecule has 5 heteroatoms. The van der Waals surface area contributed by atoms with Gasteiger partial charge in [0, 0.05) is 19.2 Å². The SMILES string of the molecule is CC(O)CCN(C)C(=O)c1ccc(Cl)c(Cl)c1. The van der Waals surface area contributed by atoms with E-state index >= 15 is 0 Å². The average molecular weight is 276 g/mol. The van der Waals surface area contributed by atoms with Crippen LogP contribution in [0.4, 0.5) is 0 Å². The zero-order valence-electron chi connectivity index (χ0n) is 9.78. The molecule has 94 valence electrons. The van der Waals surface area contributed by atoms with E-state index in [-0.39, 0.29) is 5.91 Å². The number of benzene rings is 1. The van der Waals surface area contributed by atoms with Gasteiger partial charge in [-0.25, -0.2) is 0 Å². The van der Waals surface area contributed by atoms with E-state index in [1.165, 1.54) is 0 Å². The van der Waals surface area contributed by atoms with Crippen LogP contribution in [0.25, 0.3) is 0 Å². The second-order valence-corrected chi connectivity index (χ2v) is 4.81. The monoisotopic (exact) mass is 275 g/mol. The maximum atomic E-state index is 12.0. The number of carbonyl (C=O) groups is 1. The number of hydrogen-bond acceptors (Lipinski definition) is 2. The first-order valence-corrected chi connectivity index (χ1v) is 6.06. The lowest BCUT2D eigenvalue weighted by atomic mass is 10.2. The third-order valence-corrected chi connectivity index (χ3v) is 3.13. The number of aliphatic hydroxyl groups excluding tert-OH is 1.